The summed E-state index contributed by atoms with van der Waals surface area (Å²) in [5.74, 6) is 1.85. The maximum absolute atomic E-state index is 9.40. The zero-order valence-electron chi connectivity index (χ0n) is 11.1. The van der Waals surface area contributed by atoms with Gasteiger partial charge < -0.3 is 19.3 Å². The number of rotatable bonds is 4. The van der Waals surface area contributed by atoms with Gasteiger partial charge in [0.2, 0.25) is 6.79 Å². The Hall–Kier alpha value is -2.27. The molecule has 0 aliphatic carbocycles. The molecule has 0 saturated carbocycles. The Morgan fingerprint density at radius 2 is 2.05 bits per heavy atom. The lowest BCUT2D eigenvalue weighted by molar-refractivity contribution is 0.173. The molecule has 1 N–H and O–H groups in total. The zero-order chi connectivity index (χ0) is 13.9. The van der Waals surface area contributed by atoms with Crippen LogP contribution in [0.25, 0.3) is 0 Å². The van der Waals surface area contributed by atoms with Crippen molar-refractivity contribution in [2.45, 2.75) is 20.1 Å². The van der Waals surface area contributed by atoms with Gasteiger partial charge in [-0.1, -0.05) is 6.07 Å². The molecule has 5 nitrogen and oxygen atoms in total. The minimum atomic E-state index is -0.118. The van der Waals surface area contributed by atoms with Crippen molar-refractivity contribution in [3.63, 3.8) is 0 Å². The number of nitrogens with zero attached hydrogens (tertiary/aromatic N) is 1. The van der Waals surface area contributed by atoms with Crippen LogP contribution in [0.15, 0.2) is 30.3 Å². The molecule has 3 rings (SSSR count). The van der Waals surface area contributed by atoms with E-state index in [1.807, 2.05) is 25.1 Å². The van der Waals surface area contributed by atoms with Gasteiger partial charge in [-0.05, 0) is 25.1 Å². The highest BCUT2D eigenvalue weighted by Crippen LogP contribution is 2.38. The maximum atomic E-state index is 9.40. The molecule has 0 amide bonds. The predicted octanol–water partition coefficient (Wildman–Crippen LogP) is 2.19. The molecule has 0 bridgehead atoms. The molecule has 1 aromatic carbocycles. The molecule has 0 fully saturated rings. The van der Waals surface area contributed by atoms with Crippen LogP contribution in [0.5, 0.6) is 17.2 Å². The van der Waals surface area contributed by atoms with Crippen molar-refractivity contribution in [1.29, 1.82) is 0 Å². The van der Waals surface area contributed by atoms with E-state index in [9.17, 15) is 5.11 Å². The fourth-order valence-electron chi connectivity index (χ4n) is 2.05. The Morgan fingerprint density at radius 3 is 2.80 bits per heavy atom. The zero-order valence-corrected chi connectivity index (χ0v) is 11.1. The number of aliphatic hydroxyl groups excluding tert-OH is 1. The molecule has 20 heavy (non-hydrogen) atoms. The number of aryl methyl sites for hydroxylation is 1. The second-order valence-corrected chi connectivity index (χ2v) is 4.53. The third kappa shape index (κ3) is 2.53. The van der Waals surface area contributed by atoms with Crippen LogP contribution in [0.1, 0.15) is 17.0 Å². The highest BCUT2D eigenvalue weighted by atomic mass is 16.7. The lowest BCUT2D eigenvalue weighted by atomic mass is 10.2. The van der Waals surface area contributed by atoms with Crippen LogP contribution in [-0.4, -0.2) is 16.9 Å². The molecule has 0 radical (unpaired) electrons. The Bertz CT molecular complexity index is 627. The van der Waals surface area contributed by atoms with Crippen LogP contribution in [0, 0.1) is 6.92 Å². The lowest BCUT2D eigenvalue weighted by Crippen LogP contribution is -2.01. The minimum absolute atomic E-state index is 0.118. The maximum Gasteiger partial charge on any atom is 0.231 e. The van der Waals surface area contributed by atoms with Crippen molar-refractivity contribution in [2.24, 2.45) is 0 Å². The third-order valence-corrected chi connectivity index (χ3v) is 3.05. The Labute approximate surface area is 116 Å². The van der Waals surface area contributed by atoms with Gasteiger partial charge in [0.25, 0.3) is 0 Å². The van der Waals surface area contributed by atoms with E-state index in [2.05, 4.69) is 4.98 Å². The van der Waals surface area contributed by atoms with Gasteiger partial charge in [-0.2, -0.15) is 0 Å². The number of benzene rings is 1. The summed E-state index contributed by atoms with van der Waals surface area (Å²) < 4.78 is 16.3. The van der Waals surface area contributed by atoms with Crippen LogP contribution >= 0.6 is 0 Å². The summed E-state index contributed by atoms with van der Waals surface area (Å²) in [5.41, 5.74) is 2.45. The van der Waals surface area contributed by atoms with Crippen LogP contribution in [0.4, 0.5) is 0 Å². The smallest absolute Gasteiger partial charge is 0.231 e. The first-order valence-corrected chi connectivity index (χ1v) is 6.35. The number of fused-ring (bicyclic) bond motifs is 1. The molecule has 2 heterocycles. The van der Waals surface area contributed by atoms with Gasteiger partial charge in [-0.3, -0.25) is 4.98 Å². The topological polar surface area (TPSA) is 60.8 Å². The quantitative estimate of drug-likeness (QED) is 0.925. The number of hydrogen-bond donors (Lipinski definition) is 1. The fraction of sp³-hybridized carbons (Fsp3) is 0.267. The number of ether oxygens (including phenoxy) is 3. The van der Waals surface area contributed by atoms with E-state index < -0.39 is 0 Å². The van der Waals surface area contributed by atoms with Crippen molar-refractivity contribution >= 4 is 0 Å². The first kappa shape index (κ1) is 12.7. The van der Waals surface area contributed by atoms with Crippen LogP contribution in [0.2, 0.25) is 0 Å². The predicted molar refractivity (Wildman–Crippen MR) is 71.8 cm³/mol. The van der Waals surface area contributed by atoms with E-state index in [-0.39, 0.29) is 13.4 Å². The van der Waals surface area contributed by atoms with Crippen molar-refractivity contribution in [1.82, 2.24) is 4.98 Å². The molecular weight excluding hydrogens is 258 g/mol. The fourth-order valence-corrected chi connectivity index (χ4v) is 2.05. The first-order chi connectivity index (χ1) is 9.76. The van der Waals surface area contributed by atoms with Crippen LogP contribution in [0.3, 0.4) is 0 Å². The van der Waals surface area contributed by atoms with Gasteiger partial charge in [-0.15, -0.1) is 0 Å². The molecule has 2 aromatic rings. The Morgan fingerprint density at radius 1 is 1.25 bits per heavy atom. The van der Waals surface area contributed by atoms with Crippen molar-refractivity contribution in [2.75, 3.05) is 6.79 Å². The highest BCUT2D eigenvalue weighted by molar-refractivity contribution is 5.51. The van der Waals surface area contributed by atoms with E-state index in [4.69, 9.17) is 14.2 Å². The minimum Gasteiger partial charge on any atom is -0.487 e. The molecule has 0 spiro atoms. The average Bonchev–Trinajstić information content (AvgIpc) is 2.91. The van der Waals surface area contributed by atoms with E-state index in [1.54, 1.807) is 12.1 Å². The van der Waals surface area contributed by atoms with E-state index in [1.165, 1.54) is 0 Å². The summed E-state index contributed by atoms with van der Waals surface area (Å²) in [7, 11) is 0. The molecule has 1 aromatic heterocycles. The van der Waals surface area contributed by atoms with Crippen LogP contribution < -0.4 is 14.2 Å². The first-order valence-electron chi connectivity index (χ1n) is 6.35. The Balaban J connectivity index is 1.80. The summed E-state index contributed by atoms with van der Waals surface area (Å²) in [6.07, 6.45) is 0. The third-order valence-electron chi connectivity index (χ3n) is 3.05. The van der Waals surface area contributed by atoms with Crippen molar-refractivity contribution in [3.8, 4) is 17.2 Å². The molecule has 5 heteroatoms. The van der Waals surface area contributed by atoms with Crippen molar-refractivity contribution < 1.29 is 19.3 Å². The molecular formula is C15H15NO4. The molecule has 104 valence electrons. The van der Waals surface area contributed by atoms with E-state index in [0.29, 0.717) is 29.4 Å². The number of pyridine rings is 1. The molecule has 0 unspecified atom stereocenters. The molecule has 0 saturated heterocycles. The van der Waals surface area contributed by atoms with E-state index in [0.717, 1.165) is 11.4 Å². The summed E-state index contributed by atoms with van der Waals surface area (Å²) in [6.45, 7) is 2.36. The second-order valence-electron chi connectivity index (χ2n) is 4.53. The summed E-state index contributed by atoms with van der Waals surface area (Å²) >= 11 is 0. The summed E-state index contributed by atoms with van der Waals surface area (Å²) in [4.78, 5) is 4.37. The lowest BCUT2D eigenvalue weighted by Gasteiger charge is -2.11. The van der Waals surface area contributed by atoms with Gasteiger partial charge in [0, 0.05) is 17.3 Å². The molecule has 1 aliphatic heterocycles. The van der Waals surface area contributed by atoms with E-state index >= 15 is 0 Å². The standard InChI is InChI=1S/C15H15NO4/c1-10-3-2-4-12(16-10)8-18-13-6-15-14(19-9-20-15)5-11(13)7-17/h2-6,17H,7-9H2,1H3. The number of hydrogen-bond acceptors (Lipinski definition) is 5. The molecule has 1 aliphatic rings. The summed E-state index contributed by atoms with van der Waals surface area (Å²) in [5, 5.41) is 9.40. The number of aromatic nitrogens is 1. The van der Waals surface area contributed by atoms with Gasteiger partial charge in [0.1, 0.15) is 12.4 Å². The molecule has 0 atom stereocenters. The normalized spacial score (nSPS) is 12.5. The highest BCUT2D eigenvalue weighted by Gasteiger charge is 2.17. The summed E-state index contributed by atoms with van der Waals surface area (Å²) in [6, 6.07) is 9.25. The van der Waals surface area contributed by atoms with Crippen molar-refractivity contribution in [3.05, 3.63) is 47.3 Å². The monoisotopic (exact) mass is 273 g/mol. The average molecular weight is 273 g/mol. The van der Waals surface area contributed by atoms with Crippen LogP contribution in [-0.2, 0) is 13.2 Å². The van der Waals surface area contributed by atoms with Gasteiger partial charge in [0.05, 0.1) is 12.3 Å². The van der Waals surface area contributed by atoms with Gasteiger partial charge in [-0.25, -0.2) is 0 Å². The van der Waals surface area contributed by atoms with Gasteiger partial charge >= 0.3 is 0 Å². The van der Waals surface area contributed by atoms with Gasteiger partial charge in [0.15, 0.2) is 11.5 Å². The SMILES string of the molecule is Cc1cccc(COc2cc3c(cc2CO)OCO3)n1. The second kappa shape index (κ2) is 5.38. The number of aliphatic hydroxyl groups is 1. The Kier molecular flexibility index (Phi) is 3.43. The largest absolute Gasteiger partial charge is 0.487 e.